The van der Waals surface area contributed by atoms with Crippen molar-refractivity contribution >= 4 is 28.5 Å². The van der Waals surface area contributed by atoms with Crippen molar-refractivity contribution in [3.8, 4) is 11.3 Å². The average molecular weight is 491 g/mol. The number of carbonyl (C=O) groups excluding carboxylic acids is 2. The summed E-state index contributed by atoms with van der Waals surface area (Å²) in [6.07, 6.45) is -6.13. The smallest absolute Gasteiger partial charge is 0.417 e. The minimum absolute atomic E-state index is 0.00623. The van der Waals surface area contributed by atoms with E-state index in [0.29, 0.717) is 11.1 Å². The largest absolute Gasteiger partial charge is 0.460 e. The number of anilines is 1. The second kappa shape index (κ2) is 9.39. The molecule has 2 heterocycles. The van der Waals surface area contributed by atoms with Gasteiger partial charge in [0.1, 0.15) is 12.6 Å². The van der Waals surface area contributed by atoms with Crippen molar-refractivity contribution in [2.75, 3.05) is 24.7 Å². The van der Waals surface area contributed by atoms with Crippen molar-refractivity contribution in [1.29, 1.82) is 0 Å². The van der Waals surface area contributed by atoms with Gasteiger partial charge in [0.15, 0.2) is 6.10 Å². The van der Waals surface area contributed by atoms with Crippen LogP contribution in [0.1, 0.15) is 5.56 Å². The number of cyclic esters (lactones) is 1. The third kappa shape index (κ3) is 4.98. The van der Waals surface area contributed by atoms with Crippen LogP contribution >= 0.6 is 0 Å². The van der Waals surface area contributed by atoms with E-state index in [1.165, 1.54) is 47.4 Å². The molecule has 1 aromatic heterocycles. The van der Waals surface area contributed by atoms with E-state index in [4.69, 9.17) is 20.3 Å². The minimum Gasteiger partial charge on any atom is -0.460 e. The number of aliphatic hydroxyl groups is 1. The number of ether oxygens (including phenoxy) is 2. The molecule has 1 fully saturated rings. The summed E-state index contributed by atoms with van der Waals surface area (Å²) in [6, 6.07) is 9.61. The highest BCUT2D eigenvalue weighted by atomic mass is 19.4. The first-order valence-corrected chi connectivity index (χ1v) is 10.4. The van der Waals surface area contributed by atoms with Crippen LogP contribution in [-0.4, -0.2) is 54.1 Å². The lowest BCUT2D eigenvalue weighted by Crippen LogP contribution is -2.37. The first-order chi connectivity index (χ1) is 16.6. The molecule has 0 aliphatic carbocycles. The SMILES string of the molecule is N[C@H](CO)C(=O)OCC1CN(c2ccc3cc(-c4ccccc4C(F)(F)F)[nH]c(=O)c3c2)C(=O)O1. The summed E-state index contributed by atoms with van der Waals surface area (Å²) in [5, 5.41) is 9.41. The highest BCUT2D eigenvalue weighted by Gasteiger charge is 2.35. The molecule has 35 heavy (non-hydrogen) atoms. The predicted molar refractivity (Wildman–Crippen MR) is 119 cm³/mol. The van der Waals surface area contributed by atoms with Gasteiger partial charge in [-0.2, -0.15) is 13.2 Å². The number of aromatic nitrogens is 1. The van der Waals surface area contributed by atoms with E-state index in [0.717, 1.165) is 6.07 Å². The predicted octanol–water partition coefficient (Wildman–Crippen LogP) is 2.40. The van der Waals surface area contributed by atoms with Gasteiger partial charge in [-0.25, -0.2) is 4.79 Å². The zero-order chi connectivity index (χ0) is 25.3. The Morgan fingerprint density at radius 2 is 1.97 bits per heavy atom. The van der Waals surface area contributed by atoms with Crippen molar-refractivity contribution in [2.45, 2.75) is 18.3 Å². The Kier molecular flexibility index (Phi) is 6.50. The number of hydrogen-bond donors (Lipinski definition) is 3. The highest BCUT2D eigenvalue weighted by Crippen LogP contribution is 2.36. The van der Waals surface area contributed by atoms with Gasteiger partial charge in [0.2, 0.25) is 0 Å². The van der Waals surface area contributed by atoms with E-state index in [2.05, 4.69) is 4.98 Å². The molecule has 3 aromatic rings. The first kappa shape index (κ1) is 24.2. The number of hydrogen-bond acceptors (Lipinski definition) is 7. The van der Waals surface area contributed by atoms with Crippen molar-refractivity contribution in [1.82, 2.24) is 4.98 Å². The Hall–Kier alpha value is -3.90. The van der Waals surface area contributed by atoms with Gasteiger partial charge in [-0.15, -0.1) is 0 Å². The number of aromatic amines is 1. The summed E-state index contributed by atoms with van der Waals surface area (Å²) in [5.41, 5.74) is 4.01. The lowest BCUT2D eigenvalue weighted by Gasteiger charge is -2.15. The molecule has 184 valence electrons. The molecule has 0 spiro atoms. The van der Waals surface area contributed by atoms with Crippen LogP contribution in [0.5, 0.6) is 0 Å². The Labute approximate surface area is 195 Å². The lowest BCUT2D eigenvalue weighted by atomic mass is 10.0. The highest BCUT2D eigenvalue weighted by molar-refractivity contribution is 5.95. The van der Waals surface area contributed by atoms with Crippen LogP contribution in [-0.2, 0) is 20.4 Å². The standard InChI is InChI=1S/C23H20F3N3O6/c24-23(25,26)17-4-2-1-3-15(17)19-7-12-5-6-13(8-16(12)20(31)28-19)29-9-14(35-22(29)33)11-34-21(32)18(27)10-30/h1-8,14,18,30H,9-11,27H2,(H,28,31)/t14?,18-/m1/s1. The first-order valence-electron chi connectivity index (χ1n) is 10.4. The topological polar surface area (TPSA) is 135 Å². The van der Waals surface area contributed by atoms with Crippen LogP contribution < -0.4 is 16.2 Å². The number of H-pyrrole nitrogens is 1. The number of nitrogens with zero attached hydrogens (tertiary/aromatic N) is 1. The van der Waals surface area contributed by atoms with E-state index < -0.39 is 48.1 Å². The van der Waals surface area contributed by atoms with Crippen LogP contribution in [0.2, 0.25) is 0 Å². The number of rotatable bonds is 6. The second-order valence-corrected chi connectivity index (χ2v) is 7.86. The van der Waals surface area contributed by atoms with Gasteiger partial charge in [0, 0.05) is 22.3 Å². The molecule has 2 atom stereocenters. The summed E-state index contributed by atoms with van der Waals surface area (Å²) < 4.78 is 50.3. The third-order valence-corrected chi connectivity index (χ3v) is 5.45. The fourth-order valence-electron chi connectivity index (χ4n) is 3.70. The number of nitrogens with one attached hydrogen (secondary N) is 1. The second-order valence-electron chi connectivity index (χ2n) is 7.86. The molecular formula is C23H20F3N3O6. The fourth-order valence-corrected chi connectivity index (χ4v) is 3.70. The van der Waals surface area contributed by atoms with Gasteiger partial charge in [0.25, 0.3) is 5.56 Å². The van der Waals surface area contributed by atoms with Gasteiger partial charge in [0.05, 0.1) is 18.7 Å². The summed E-state index contributed by atoms with van der Waals surface area (Å²) in [6.45, 7) is -0.851. The van der Waals surface area contributed by atoms with E-state index in [-0.39, 0.29) is 29.8 Å². The summed E-state index contributed by atoms with van der Waals surface area (Å²) in [5.74, 6) is -0.845. The van der Waals surface area contributed by atoms with Crippen molar-refractivity contribution in [3.63, 3.8) is 0 Å². The molecule has 1 aliphatic rings. The number of pyridine rings is 1. The van der Waals surface area contributed by atoms with Gasteiger partial charge in [-0.3, -0.25) is 14.5 Å². The van der Waals surface area contributed by atoms with Crippen molar-refractivity contribution < 1.29 is 37.3 Å². The zero-order valence-electron chi connectivity index (χ0n) is 18.0. The third-order valence-electron chi connectivity index (χ3n) is 5.45. The molecule has 1 unspecified atom stereocenters. The number of alkyl halides is 3. The molecule has 2 aromatic carbocycles. The summed E-state index contributed by atoms with van der Waals surface area (Å²) in [4.78, 5) is 40.4. The normalized spacial score (nSPS) is 16.9. The summed E-state index contributed by atoms with van der Waals surface area (Å²) in [7, 11) is 0. The molecule has 0 radical (unpaired) electrons. The van der Waals surface area contributed by atoms with E-state index in [9.17, 15) is 27.6 Å². The quantitative estimate of drug-likeness (QED) is 0.451. The monoisotopic (exact) mass is 491 g/mol. The van der Waals surface area contributed by atoms with Gasteiger partial charge in [-0.1, -0.05) is 24.3 Å². The van der Waals surface area contributed by atoms with Gasteiger partial charge in [-0.05, 0) is 29.7 Å². The van der Waals surface area contributed by atoms with E-state index >= 15 is 0 Å². The number of amides is 1. The number of nitrogens with two attached hydrogens (primary N) is 1. The molecule has 0 saturated carbocycles. The molecule has 1 aliphatic heterocycles. The summed E-state index contributed by atoms with van der Waals surface area (Å²) >= 11 is 0. The van der Waals surface area contributed by atoms with Crippen molar-refractivity contribution in [3.05, 3.63) is 64.4 Å². The molecule has 0 bridgehead atoms. The maximum atomic E-state index is 13.4. The molecular weight excluding hydrogens is 471 g/mol. The minimum atomic E-state index is -4.60. The zero-order valence-corrected chi connectivity index (χ0v) is 18.0. The molecule has 12 heteroatoms. The Morgan fingerprint density at radius 3 is 2.69 bits per heavy atom. The Balaban J connectivity index is 1.59. The maximum Gasteiger partial charge on any atom is 0.417 e. The van der Waals surface area contributed by atoms with Crippen LogP contribution in [0.4, 0.5) is 23.7 Å². The average Bonchev–Trinajstić information content (AvgIpc) is 3.21. The van der Waals surface area contributed by atoms with Crippen LogP contribution in [0.25, 0.3) is 22.0 Å². The molecule has 4 rings (SSSR count). The number of esters is 1. The number of fused-ring (bicyclic) bond motifs is 1. The number of benzene rings is 2. The number of aliphatic hydroxyl groups excluding tert-OH is 1. The number of halogens is 3. The van der Waals surface area contributed by atoms with E-state index in [1.807, 2.05) is 0 Å². The Morgan fingerprint density at radius 1 is 1.23 bits per heavy atom. The van der Waals surface area contributed by atoms with Crippen molar-refractivity contribution in [2.24, 2.45) is 5.73 Å². The van der Waals surface area contributed by atoms with Crippen LogP contribution in [0, 0.1) is 0 Å². The van der Waals surface area contributed by atoms with Gasteiger partial charge < -0.3 is 25.3 Å². The van der Waals surface area contributed by atoms with Crippen LogP contribution in [0.15, 0.2) is 53.3 Å². The lowest BCUT2D eigenvalue weighted by molar-refractivity contribution is -0.148. The molecule has 4 N–H and O–H groups in total. The van der Waals surface area contributed by atoms with Gasteiger partial charge >= 0.3 is 18.2 Å². The maximum absolute atomic E-state index is 13.4. The van der Waals surface area contributed by atoms with Crippen LogP contribution in [0.3, 0.4) is 0 Å². The fraction of sp³-hybridized carbons (Fsp3) is 0.261. The molecule has 9 nitrogen and oxygen atoms in total. The Bertz CT molecular complexity index is 1340. The number of carbonyl (C=O) groups is 2. The van der Waals surface area contributed by atoms with E-state index in [1.54, 1.807) is 0 Å². The molecule has 1 amide bonds. The molecule has 1 saturated heterocycles.